The number of anilines is 2. The van der Waals surface area contributed by atoms with Crippen LogP contribution in [0.1, 0.15) is 13.8 Å². The molecule has 0 aromatic heterocycles. The second-order valence-electron chi connectivity index (χ2n) is 7.60. The molecule has 0 spiro atoms. The number of carboxylic acids is 1. The highest BCUT2D eigenvalue weighted by molar-refractivity contribution is 7.80. The molecule has 0 radical (unpaired) electrons. The normalized spacial score (nSPS) is 17.3. The van der Waals surface area contributed by atoms with Gasteiger partial charge in [-0.05, 0) is 54.2 Å². The summed E-state index contributed by atoms with van der Waals surface area (Å²) in [5, 5.41) is 11.3. The predicted octanol–water partition coefficient (Wildman–Crippen LogP) is 2.46. The lowest BCUT2D eigenvalue weighted by Crippen LogP contribution is -2.36. The van der Waals surface area contributed by atoms with E-state index in [0.717, 1.165) is 16.5 Å². The van der Waals surface area contributed by atoms with Crippen LogP contribution < -0.4 is 14.5 Å². The average Bonchev–Trinajstić information content (AvgIpc) is 3.24. The van der Waals surface area contributed by atoms with Gasteiger partial charge >= 0.3 is 17.8 Å². The number of hydrogen-bond donors (Lipinski definition) is 1. The van der Waals surface area contributed by atoms with Crippen molar-refractivity contribution in [3.05, 3.63) is 41.9 Å². The molecule has 2 heterocycles. The topological polar surface area (TPSA) is 109 Å². The minimum Gasteiger partial charge on any atom is -0.497 e. The molecule has 1 amide bonds. The van der Waals surface area contributed by atoms with Crippen LogP contribution in [0.3, 0.4) is 0 Å². The molecule has 34 heavy (non-hydrogen) atoms. The summed E-state index contributed by atoms with van der Waals surface area (Å²) in [4.78, 5) is 40.6. The van der Waals surface area contributed by atoms with Gasteiger partial charge in [-0.2, -0.15) is 0 Å². The Labute approximate surface area is 200 Å². The van der Waals surface area contributed by atoms with Gasteiger partial charge in [-0.25, -0.2) is 0 Å². The first kappa shape index (κ1) is 23.3. The van der Waals surface area contributed by atoms with Gasteiger partial charge in [0.25, 0.3) is 5.17 Å². The molecule has 0 bridgehead atoms. The molecule has 178 valence electrons. The third kappa shape index (κ3) is 4.10. The Balaban J connectivity index is 1.81. The molecule has 4 rings (SSSR count). The van der Waals surface area contributed by atoms with E-state index in [1.165, 1.54) is 16.7 Å². The fourth-order valence-corrected chi connectivity index (χ4v) is 4.31. The van der Waals surface area contributed by atoms with Crippen molar-refractivity contribution in [2.75, 3.05) is 43.2 Å². The molecule has 0 unspecified atom stereocenters. The van der Waals surface area contributed by atoms with Crippen LogP contribution in [0.25, 0.3) is 10.8 Å². The molecule has 0 aliphatic carbocycles. The zero-order valence-corrected chi connectivity index (χ0v) is 19.7. The van der Waals surface area contributed by atoms with E-state index in [9.17, 15) is 19.5 Å². The van der Waals surface area contributed by atoms with E-state index in [0.29, 0.717) is 23.8 Å². The number of methoxy groups -OCH3 is 1. The monoisotopic (exact) mass is 485 g/mol. The predicted molar refractivity (Wildman–Crippen MR) is 128 cm³/mol. The molecule has 1 N–H and O–H groups in total. The lowest BCUT2D eigenvalue weighted by atomic mass is 10.1. The average molecular weight is 486 g/mol. The molecular weight excluding hydrogens is 462 g/mol. The lowest BCUT2D eigenvalue weighted by Gasteiger charge is -2.23. The van der Waals surface area contributed by atoms with E-state index in [1.807, 2.05) is 42.2 Å². The van der Waals surface area contributed by atoms with Crippen LogP contribution in [-0.2, 0) is 23.9 Å². The number of carbonyl (C=O) groups excluding carboxylic acids is 2. The standard InChI is InChI=1S/C23H23N3O7S/c1-4-24-17-11-15-9-16(31-3)6-5-14(15)10-18(17)26(12-19(28)29)21(24)20-22(30)25(23(34)33-20)7-8-32-13(2)27/h5-6,9-11H,4,7-8,12H2,1-3H3,(H,28,29)/b21-20+. The molecular formula is C23H23N3O7S. The molecule has 1 fully saturated rings. The molecule has 2 aliphatic rings. The summed E-state index contributed by atoms with van der Waals surface area (Å²) in [5.74, 6) is -1.16. The Kier molecular flexibility index (Phi) is 6.29. The quantitative estimate of drug-likeness (QED) is 0.357. The van der Waals surface area contributed by atoms with E-state index < -0.39 is 17.8 Å². The fraction of sp³-hybridized carbons (Fsp3) is 0.304. The number of amides is 1. The first-order chi connectivity index (χ1) is 16.2. The van der Waals surface area contributed by atoms with Gasteiger partial charge in [0.05, 0.1) is 25.0 Å². The van der Waals surface area contributed by atoms with E-state index in [-0.39, 0.29) is 30.6 Å². The van der Waals surface area contributed by atoms with E-state index >= 15 is 0 Å². The number of fused-ring (bicyclic) bond motifs is 2. The number of carboxylic acid groups (broad SMARTS) is 1. The SMILES string of the molecule is CCN1/C(=C2\OC(=S)N(CCOC(C)=O)C2=O)N(CC(=O)O)c2cc3ccc(OC)cc3cc21. The van der Waals surface area contributed by atoms with Crippen molar-refractivity contribution in [1.29, 1.82) is 0 Å². The maximum atomic E-state index is 13.2. The van der Waals surface area contributed by atoms with Gasteiger partial charge in [0.2, 0.25) is 5.76 Å². The first-order valence-corrected chi connectivity index (χ1v) is 11.0. The van der Waals surface area contributed by atoms with Gasteiger partial charge in [-0.15, -0.1) is 0 Å². The number of carbonyl (C=O) groups is 3. The van der Waals surface area contributed by atoms with Gasteiger partial charge in [-0.1, -0.05) is 6.07 Å². The van der Waals surface area contributed by atoms with E-state index in [4.69, 9.17) is 26.4 Å². The Morgan fingerprint density at radius 2 is 1.79 bits per heavy atom. The second-order valence-corrected chi connectivity index (χ2v) is 7.94. The van der Waals surface area contributed by atoms with Crippen molar-refractivity contribution in [3.63, 3.8) is 0 Å². The van der Waals surface area contributed by atoms with Crippen molar-refractivity contribution in [1.82, 2.24) is 4.90 Å². The van der Waals surface area contributed by atoms with Crippen LogP contribution >= 0.6 is 12.2 Å². The lowest BCUT2D eigenvalue weighted by molar-refractivity contribution is -0.142. The minimum atomic E-state index is -1.07. The molecule has 1 saturated heterocycles. The van der Waals surface area contributed by atoms with E-state index in [2.05, 4.69) is 0 Å². The van der Waals surface area contributed by atoms with Gasteiger partial charge < -0.3 is 29.1 Å². The summed E-state index contributed by atoms with van der Waals surface area (Å²) >= 11 is 5.23. The highest BCUT2D eigenvalue weighted by Crippen LogP contribution is 2.46. The van der Waals surface area contributed by atoms with Crippen LogP contribution in [0.4, 0.5) is 11.4 Å². The molecule has 11 heteroatoms. The Morgan fingerprint density at radius 1 is 1.09 bits per heavy atom. The number of rotatable bonds is 7. The maximum Gasteiger partial charge on any atom is 0.323 e. The minimum absolute atomic E-state index is 0.0235. The first-order valence-electron chi connectivity index (χ1n) is 10.5. The van der Waals surface area contributed by atoms with Gasteiger partial charge in [0.1, 0.15) is 18.9 Å². The van der Waals surface area contributed by atoms with Crippen LogP contribution in [0, 0.1) is 0 Å². The van der Waals surface area contributed by atoms with Gasteiger partial charge in [-0.3, -0.25) is 19.3 Å². The Hall–Kier alpha value is -3.86. The zero-order valence-electron chi connectivity index (χ0n) is 18.9. The molecule has 2 aromatic carbocycles. The Morgan fingerprint density at radius 3 is 2.44 bits per heavy atom. The maximum absolute atomic E-state index is 13.2. The summed E-state index contributed by atoms with van der Waals surface area (Å²) in [6.07, 6.45) is 0. The van der Waals surface area contributed by atoms with Crippen LogP contribution in [0.15, 0.2) is 41.9 Å². The highest BCUT2D eigenvalue weighted by Gasteiger charge is 2.43. The van der Waals surface area contributed by atoms with Crippen LogP contribution in [0.2, 0.25) is 0 Å². The number of esters is 1. The van der Waals surface area contributed by atoms with Gasteiger partial charge in [0, 0.05) is 13.5 Å². The van der Waals surface area contributed by atoms with Crippen molar-refractivity contribution in [2.45, 2.75) is 13.8 Å². The molecule has 0 saturated carbocycles. The van der Waals surface area contributed by atoms with E-state index in [1.54, 1.807) is 7.11 Å². The molecule has 0 atom stereocenters. The fourth-order valence-electron chi connectivity index (χ4n) is 4.05. The number of ether oxygens (including phenoxy) is 3. The second kappa shape index (κ2) is 9.18. The number of thiocarbonyl (C=S) groups is 1. The van der Waals surface area contributed by atoms with Gasteiger partial charge in [0.15, 0.2) is 5.82 Å². The third-order valence-electron chi connectivity index (χ3n) is 5.52. The zero-order chi connectivity index (χ0) is 24.6. The molecule has 10 nitrogen and oxygen atoms in total. The van der Waals surface area contributed by atoms with Crippen molar-refractivity contribution < 1.29 is 33.7 Å². The number of nitrogens with zero attached hydrogens (tertiary/aromatic N) is 3. The molecule has 2 aliphatic heterocycles. The van der Waals surface area contributed by atoms with Crippen molar-refractivity contribution in [2.24, 2.45) is 0 Å². The van der Waals surface area contributed by atoms with Crippen molar-refractivity contribution in [3.8, 4) is 5.75 Å². The summed E-state index contributed by atoms with van der Waals surface area (Å²) < 4.78 is 15.9. The van der Waals surface area contributed by atoms with Crippen LogP contribution in [-0.4, -0.2) is 66.4 Å². The van der Waals surface area contributed by atoms with Crippen molar-refractivity contribution >= 4 is 57.4 Å². The smallest absolute Gasteiger partial charge is 0.323 e. The summed E-state index contributed by atoms with van der Waals surface area (Å²) in [6, 6.07) is 9.40. The summed E-state index contributed by atoms with van der Waals surface area (Å²) in [5.41, 5.74) is 1.36. The largest absolute Gasteiger partial charge is 0.497 e. The van der Waals surface area contributed by atoms with Crippen LogP contribution in [0.5, 0.6) is 5.75 Å². The molecule has 2 aromatic rings. The number of hydrogen-bond acceptors (Lipinski definition) is 9. The highest BCUT2D eigenvalue weighted by atomic mass is 32.1. The third-order valence-corrected chi connectivity index (χ3v) is 5.82. The summed E-state index contributed by atoms with van der Waals surface area (Å²) in [6.45, 7) is 3.19. The number of aliphatic carboxylic acids is 1. The summed E-state index contributed by atoms with van der Waals surface area (Å²) in [7, 11) is 1.59. The Bertz CT molecular complexity index is 1240. The number of benzene rings is 2.